The van der Waals surface area contributed by atoms with Crippen molar-refractivity contribution < 1.29 is 0 Å². The van der Waals surface area contributed by atoms with Crippen LogP contribution in [0, 0.1) is 18.3 Å². The number of thiazole rings is 1. The van der Waals surface area contributed by atoms with Crippen molar-refractivity contribution in [1.29, 1.82) is 0 Å². The minimum atomic E-state index is 0.138. The molecule has 0 saturated heterocycles. The molecule has 1 aliphatic rings. The van der Waals surface area contributed by atoms with Gasteiger partial charge in [0.15, 0.2) is 0 Å². The van der Waals surface area contributed by atoms with Gasteiger partial charge >= 0.3 is 0 Å². The molecule has 0 spiro atoms. The lowest BCUT2D eigenvalue weighted by Crippen LogP contribution is -2.45. The van der Waals surface area contributed by atoms with E-state index in [-0.39, 0.29) is 5.54 Å². The molecule has 1 aromatic heterocycles. The number of nitrogens with one attached hydrogen (secondary N) is 1. The van der Waals surface area contributed by atoms with Gasteiger partial charge in [0, 0.05) is 11.1 Å². The standard InChI is InChI=1S/C16H28N2S/c1-6-15(3,4)13-7-9-16(17-5,10-8-13)14-18-12(2)11-19-14/h11,13,17H,6-10H2,1-5H3. The number of nitrogens with zero attached hydrogens (tertiary/aromatic N) is 1. The predicted octanol–water partition coefficient (Wildman–Crippen LogP) is 4.49. The fourth-order valence-electron chi connectivity index (χ4n) is 3.33. The number of hydrogen-bond acceptors (Lipinski definition) is 3. The topological polar surface area (TPSA) is 24.9 Å². The van der Waals surface area contributed by atoms with Crippen molar-refractivity contribution in [3.8, 4) is 0 Å². The normalized spacial score (nSPS) is 28.6. The van der Waals surface area contributed by atoms with Crippen LogP contribution in [0.15, 0.2) is 5.38 Å². The van der Waals surface area contributed by atoms with Crippen LogP contribution in [-0.4, -0.2) is 12.0 Å². The van der Waals surface area contributed by atoms with Crippen molar-refractivity contribution in [1.82, 2.24) is 10.3 Å². The third-order valence-corrected chi connectivity index (χ3v) is 6.53. The van der Waals surface area contributed by atoms with Gasteiger partial charge in [0.05, 0.1) is 5.54 Å². The Morgan fingerprint density at radius 1 is 1.42 bits per heavy atom. The Morgan fingerprint density at radius 3 is 2.47 bits per heavy atom. The quantitative estimate of drug-likeness (QED) is 0.879. The summed E-state index contributed by atoms with van der Waals surface area (Å²) in [5.74, 6) is 0.861. The molecule has 0 unspecified atom stereocenters. The third-order valence-electron chi connectivity index (χ3n) is 5.36. The molecule has 0 amide bonds. The Morgan fingerprint density at radius 2 is 2.05 bits per heavy atom. The van der Waals surface area contributed by atoms with E-state index in [1.807, 2.05) is 11.3 Å². The first-order valence-electron chi connectivity index (χ1n) is 7.55. The van der Waals surface area contributed by atoms with Gasteiger partial charge in [0.1, 0.15) is 5.01 Å². The molecule has 1 heterocycles. The first-order valence-corrected chi connectivity index (χ1v) is 8.43. The lowest BCUT2D eigenvalue weighted by molar-refractivity contribution is 0.101. The number of hydrogen-bond donors (Lipinski definition) is 1. The predicted molar refractivity (Wildman–Crippen MR) is 83.6 cm³/mol. The van der Waals surface area contributed by atoms with Crippen LogP contribution < -0.4 is 5.32 Å². The molecule has 1 aromatic rings. The van der Waals surface area contributed by atoms with Crippen molar-refractivity contribution in [2.45, 2.75) is 65.3 Å². The summed E-state index contributed by atoms with van der Waals surface area (Å²) >= 11 is 1.82. The van der Waals surface area contributed by atoms with Crippen LogP contribution in [-0.2, 0) is 5.54 Å². The highest BCUT2D eigenvalue weighted by Gasteiger charge is 2.41. The molecule has 3 heteroatoms. The summed E-state index contributed by atoms with van der Waals surface area (Å²) in [5.41, 5.74) is 1.78. The molecule has 1 fully saturated rings. The second kappa shape index (κ2) is 5.53. The van der Waals surface area contributed by atoms with Gasteiger partial charge in [-0.25, -0.2) is 4.98 Å². The summed E-state index contributed by atoms with van der Waals surface area (Å²) in [6, 6.07) is 0. The summed E-state index contributed by atoms with van der Waals surface area (Å²) in [7, 11) is 2.10. The van der Waals surface area contributed by atoms with Gasteiger partial charge in [0.25, 0.3) is 0 Å². The zero-order chi connectivity index (χ0) is 14.1. The Balaban J connectivity index is 2.12. The molecule has 2 rings (SSSR count). The maximum absolute atomic E-state index is 4.74. The van der Waals surface area contributed by atoms with Crippen molar-refractivity contribution in [3.05, 3.63) is 16.1 Å². The zero-order valence-corrected chi connectivity index (χ0v) is 13.9. The molecule has 108 valence electrons. The van der Waals surface area contributed by atoms with Crippen LogP contribution in [0.3, 0.4) is 0 Å². The van der Waals surface area contributed by atoms with Crippen molar-refractivity contribution in [2.24, 2.45) is 11.3 Å². The van der Waals surface area contributed by atoms with E-state index in [1.54, 1.807) is 0 Å². The van der Waals surface area contributed by atoms with Gasteiger partial charge in [-0.15, -0.1) is 11.3 Å². The summed E-state index contributed by atoms with van der Waals surface area (Å²) in [6.45, 7) is 9.27. The highest BCUT2D eigenvalue weighted by Crippen LogP contribution is 2.47. The van der Waals surface area contributed by atoms with E-state index in [4.69, 9.17) is 4.98 Å². The van der Waals surface area contributed by atoms with E-state index >= 15 is 0 Å². The Labute approximate surface area is 122 Å². The van der Waals surface area contributed by atoms with Crippen LogP contribution in [0.2, 0.25) is 0 Å². The van der Waals surface area contributed by atoms with Crippen molar-refractivity contribution in [3.63, 3.8) is 0 Å². The molecule has 0 aromatic carbocycles. The SMILES string of the molecule is CCC(C)(C)C1CCC(NC)(c2nc(C)cs2)CC1. The summed E-state index contributed by atoms with van der Waals surface area (Å²) in [4.78, 5) is 4.74. The second-order valence-corrected chi connectivity index (χ2v) is 7.60. The van der Waals surface area contributed by atoms with Gasteiger partial charge in [0.2, 0.25) is 0 Å². The zero-order valence-electron chi connectivity index (χ0n) is 13.0. The number of aromatic nitrogens is 1. The van der Waals surface area contributed by atoms with Crippen LogP contribution in [0.4, 0.5) is 0 Å². The summed E-state index contributed by atoms with van der Waals surface area (Å²) in [6.07, 6.45) is 6.37. The fourth-order valence-corrected chi connectivity index (χ4v) is 4.39. The largest absolute Gasteiger partial charge is 0.308 e. The molecular formula is C16H28N2S. The van der Waals surface area contributed by atoms with Gasteiger partial charge in [-0.3, -0.25) is 0 Å². The van der Waals surface area contributed by atoms with E-state index in [9.17, 15) is 0 Å². The molecule has 1 aliphatic carbocycles. The minimum Gasteiger partial charge on any atom is -0.308 e. The molecule has 0 radical (unpaired) electrons. The lowest BCUT2D eigenvalue weighted by atomic mass is 9.65. The molecule has 1 saturated carbocycles. The molecular weight excluding hydrogens is 252 g/mol. The smallest absolute Gasteiger partial charge is 0.113 e. The van der Waals surface area contributed by atoms with Crippen LogP contribution in [0.25, 0.3) is 0 Å². The minimum absolute atomic E-state index is 0.138. The van der Waals surface area contributed by atoms with E-state index < -0.39 is 0 Å². The molecule has 19 heavy (non-hydrogen) atoms. The Bertz CT molecular complexity index is 414. The van der Waals surface area contributed by atoms with Crippen LogP contribution >= 0.6 is 11.3 Å². The Hall–Kier alpha value is -0.410. The van der Waals surface area contributed by atoms with Crippen LogP contribution in [0.5, 0.6) is 0 Å². The molecule has 2 nitrogen and oxygen atoms in total. The van der Waals surface area contributed by atoms with Gasteiger partial charge in [-0.2, -0.15) is 0 Å². The molecule has 1 N–H and O–H groups in total. The maximum atomic E-state index is 4.74. The van der Waals surface area contributed by atoms with Gasteiger partial charge < -0.3 is 5.32 Å². The number of rotatable bonds is 4. The molecule has 0 atom stereocenters. The molecule has 0 aliphatic heterocycles. The Kier molecular flexibility index (Phi) is 4.36. The first-order chi connectivity index (χ1) is 8.93. The molecule has 0 bridgehead atoms. The summed E-state index contributed by atoms with van der Waals surface area (Å²) < 4.78 is 0. The van der Waals surface area contributed by atoms with E-state index in [2.05, 4.69) is 45.4 Å². The van der Waals surface area contributed by atoms with E-state index in [0.29, 0.717) is 5.41 Å². The maximum Gasteiger partial charge on any atom is 0.113 e. The third kappa shape index (κ3) is 2.87. The highest BCUT2D eigenvalue weighted by atomic mass is 32.1. The fraction of sp³-hybridized carbons (Fsp3) is 0.812. The average molecular weight is 280 g/mol. The monoisotopic (exact) mass is 280 g/mol. The second-order valence-electron chi connectivity index (χ2n) is 6.74. The van der Waals surface area contributed by atoms with E-state index in [0.717, 1.165) is 11.6 Å². The summed E-state index contributed by atoms with van der Waals surface area (Å²) in [5, 5.41) is 7.05. The van der Waals surface area contributed by atoms with Crippen molar-refractivity contribution >= 4 is 11.3 Å². The van der Waals surface area contributed by atoms with Gasteiger partial charge in [-0.05, 0) is 51.0 Å². The highest BCUT2D eigenvalue weighted by molar-refractivity contribution is 7.09. The lowest BCUT2D eigenvalue weighted by Gasteiger charge is -2.44. The number of aryl methyl sites for hydroxylation is 1. The van der Waals surface area contributed by atoms with Crippen molar-refractivity contribution in [2.75, 3.05) is 7.05 Å². The van der Waals surface area contributed by atoms with E-state index in [1.165, 1.54) is 37.1 Å². The average Bonchev–Trinajstić information content (AvgIpc) is 2.86. The van der Waals surface area contributed by atoms with Crippen LogP contribution in [0.1, 0.15) is 63.6 Å². The van der Waals surface area contributed by atoms with Gasteiger partial charge in [-0.1, -0.05) is 27.2 Å². The first kappa shape index (κ1) is 15.0.